The fourth-order valence-electron chi connectivity index (χ4n) is 2.00. The van der Waals surface area contributed by atoms with E-state index in [1.54, 1.807) is 24.3 Å². The highest BCUT2D eigenvalue weighted by atomic mass is 16.7. The number of rotatable bonds is 6. The van der Waals surface area contributed by atoms with E-state index in [1.807, 2.05) is 31.2 Å². The molecule has 0 spiro atoms. The number of carbonyl (C=O) groups is 1. The highest BCUT2D eigenvalue weighted by molar-refractivity contribution is 5.67. The van der Waals surface area contributed by atoms with E-state index < -0.39 is 6.16 Å². The first kappa shape index (κ1) is 17.0. The van der Waals surface area contributed by atoms with Gasteiger partial charge in [-0.25, -0.2) is 4.79 Å². The third-order valence-corrected chi connectivity index (χ3v) is 3.23. The predicted molar refractivity (Wildman–Crippen MR) is 90.8 cm³/mol. The van der Waals surface area contributed by atoms with E-state index in [0.717, 1.165) is 24.2 Å². The summed E-state index contributed by atoms with van der Waals surface area (Å²) in [5, 5.41) is 3.37. The summed E-state index contributed by atoms with van der Waals surface area (Å²) in [6, 6.07) is 14.6. The van der Waals surface area contributed by atoms with Gasteiger partial charge in [0.1, 0.15) is 11.5 Å². The van der Waals surface area contributed by atoms with Crippen LogP contribution in [-0.2, 0) is 6.54 Å². The van der Waals surface area contributed by atoms with Crippen molar-refractivity contribution in [2.45, 2.75) is 27.3 Å². The molecule has 122 valence electrons. The number of aryl methyl sites for hydroxylation is 1. The van der Waals surface area contributed by atoms with Crippen molar-refractivity contribution < 1.29 is 14.3 Å². The van der Waals surface area contributed by atoms with E-state index in [1.165, 1.54) is 0 Å². The standard InChI is InChI=1S/C19H23NO3/c1-14(2)12-20-13-16-6-10-18(11-7-16)23-19(21)22-17-8-4-15(3)5-9-17/h4-11,14,20H,12-13H2,1-3H3. The van der Waals surface area contributed by atoms with E-state index in [2.05, 4.69) is 19.2 Å². The van der Waals surface area contributed by atoms with Crippen molar-refractivity contribution in [2.24, 2.45) is 5.92 Å². The molecular weight excluding hydrogens is 290 g/mol. The van der Waals surface area contributed by atoms with Crippen LogP contribution in [0.25, 0.3) is 0 Å². The number of ether oxygens (including phenoxy) is 2. The zero-order chi connectivity index (χ0) is 16.7. The van der Waals surface area contributed by atoms with E-state index in [4.69, 9.17) is 9.47 Å². The lowest BCUT2D eigenvalue weighted by Gasteiger charge is -2.09. The number of benzene rings is 2. The third-order valence-electron chi connectivity index (χ3n) is 3.23. The number of hydrogen-bond donors (Lipinski definition) is 1. The van der Waals surface area contributed by atoms with Crippen molar-refractivity contribution in [3.8, 4) is 11.5 Å². The van der Waals surface area contributed by atoms with Gasteiger partial charge in [0.05, 0.1) is 0 Å². The molecule has 0 amide bonds. The molecule has 0 radical (unpaired) electrons. The molecule has 0 fully saturated rings. The van der Waals surface area contributed by atoms with Crippen LogP contribution < -0.4 is 14.8 Å². The van der Waals surface area contributed by atoms with Crippen LogP contribution in [0.5, 0.6) is 11.5 Å². The van der Waals surface area contributed by atoms with Crippen LogP contribution in [0.2, 0.25) is 0 Å². The second-order valence-corrected chi connectivity index (χ2v) is 5.94. The van der Waals surface area contributed by atoms with Crippen LogP contribution >= 0.6 is 0 Å². The van der Waals surface area contributed by atoms with Gasteiger partial charge in [-0.3, -0.25) is 0 Å². The molecule has 0 saturated heterocycles. The molecule has 0 aliphatic heterocycles. The number of hydrogen-bond acceptors (Lipinski definition) is 4. The summed E-state index contributed by atoms with van der Waals surface area (Å²) in [6.07, 6.45) is -0.737. The summed E-state index contributed by atoms with van der Waals surface area (Å²) in [7, 11) is 0. The smallest absolute Gasteiger partial charge is 0.395 e. The fourth-order valence-corrected chi connectivity index (χ4v) is 2.00. The zero-order valence-corrected chi connectivity index (χ0v) is 13.8. The van der Waals surface area contributed by atoms with Gasteiger partial charge in [0.25, 0.3) is 0 Å². The Morgan fingerprint density at radius 2 is 1.48 bits per heavy atom. The maximum Gasteiger partial charge on any atom is 0.519 e. The molecule has 0 unspecified atom stereocenters. The second-order valence-electron chi connectivity index (χ2n) is 5.94. The molecule has 4 heteroatoms. The van der Waals surface area contributed by atoms with Crippen LogP contribution in [0.15, 0.2) is 48.5 Å². The van der Waals surface area contributed by atoms with Gasteiger partial charge < -0.3 is 14.8 Å². The first-order chi connectivity index (χ1) is 11.0. The Labute approximate surface area is 137 Å². The van der Waals surface area contributed by atoms with Crippen molar-refractivity contribution in [1.82, 2.24) is 5.32 Å². The molecule has 0 bridgehead atoms. The molecule has 4 nitrogen and oxygen atoms in total. The predicted octanol–water partition coefficient (Wildman–Crippen LogP) is 4.32. The molecule has 0 aromatic heterocycles. The van der Waals surface area contributed by atoms with Crippen LogP contribution in [0, 0.1) is 12.8 Å². The molecule has 0 saturated carbocycles. The number of nitrogens with one attached hydrogen (secondary N) is 1. The third kappa shape index (κ3) is 6.12. The summed E-state index contributed by atoms with van der Waals surface area (Å²) >= 11 is 0. The van der Waals surface area contributed by atoms with Crippen LogP contribution in [0.4, 0.5) is 4.79 Å². The van der Waals surface area contributed by atoms with E-state index in [9.17, 15) is 4.79 Å². The minimum Gasteiger partial charge on any atom is -0.395 e. The van der Waals surface area contributed by atoms with Gasteiger partial charge in [-0.05, 0) is 49.2 Å². The Hall–Kier alpha value is -2.33. The van der Waals surface area contributed by atoms with Crippen molar-refractivity contribution in [3.63, 3.8) is 0 Å². The maximum atomic E-state index is 11.7. The topological polar surface area (TPSA) is 47.6 Å². The SMILES string of the molecule is Cc1ccc(OC(=O)Oc2ccc(CNCC(C)C)cc2)cc1. The van der Waals surface area contributed by atoms with Gasteiger partial charge in [0.2, 0.25) is 0 Å². The Bertz CT molecular complexity index is 618. The summed E-state index contributed by atoms with van der Waals surface area (Å²) in [5.74, 6) is 1.55. The van der Waals surface area contributed by atoms with Crippen molar-refractivity contribution in [2.75, 3.05) is 6.54 Å². The lowest BCUT2D eigenvalue weighted by Crippen LogP contribution is -2.19. The Balaban J connectivity index is 1.82. The van der Waals surface area contributed by atoms with Crippen LogP contribution in [0.3, 0.4) is 0 Å². The Morgan fingerprint density at radius 1 is 0.957 bits per heavy atom. The Kier molecular flexibility index (Phi) is 6.18. The largest absolute Gasteiger partial charge is 0.519 e. The molecular formula is C19H23NO3. The van der Waals surface area contributed by atoms with Gasteiger partial charge in [0, 0.05) is 6.54 Å². The molecule has 0 aliphatic rings. The zero-order valence-electron chi connectivity index (χ0n) is 13.8. The first-order valence-corrected chi connectivity index (χ1v) is 7.79. The normalized spacial score (nSPS) is 10.6. The molecule has 2 aromatic carbocycles. The molecule has 0 aliphatic carbocycles. The highest BCUT2D eigenvalue weighted by Gasteiger charge is 2.07. The van der Waals surface area contributed by atoms with Crippen LogP contribution in [0.1, 0.15) is 25.0 Å². The van der Waals surface area contributed by atoms with Gasteiger partial charge in [-0.15, -0.1) is 0 Å². The second kappa shape index (κ2) is 8.34. The van der Waals surface area contributed by atoms with E-state index in [0.29, 0.717) is 17.4 Å². The molecule has 1 N–H and O–H groups in total. The molecule has 0 heterocycles. The van der Waals surface area contributed by atoms with Gasteiger partial charge >= 0.3 is 6.16 Å². The van der Waals surface area contributed by atoms with Crippen molar-refractivity contribution in [3.05, 3.63) is 59.7 Å². The summed E-state index contributed by atoms with van der Waals surface area (Å²) in [5.41, 5.74) is 2.25. The quantitative estimate of drug-likeness (QED) is 0.637. The van der Waals surface area contributed by atoms with Crippen molar-refractivity contribution >= 4 is 6.16 Å². The summed E-state index contributed by atoms with van der Waals surface area (Å²) < 4.78 is 10.3. The highest BCUT2D eigenvalue weighted by Crippen LogP contribution is 2.16. The van der Waals surface area contributed by atoms with E-state index >= 15 is 0 Å². The van der Waals surface area contributed by atoms with Crippen LogP contribution in [-0.4, -0.2) is 12.7 Å². The van der Waals surface area contributed by atoms with Crippen molar-refractivity contribution in [1.29, 1.82) is 0 Å². The molecule has 2 rings (SSSR count). The van der Waals surface area contributed by atoms with Gasteiger partial charge in [-0.2, -0.15) is 0 Å². The van der Waals surface area contributed by atoms with Gasteiger partial charge in [0.15, 0.2) is 0 Å². The number of carbonyl (C=O) groups excluding carboxylic acids is 1. The average Bonchev–Trinajstić information content (AvgIpc) is 2.51. The fraction of sp³-hybridized carbons (Fsp3) is 0.316. The first-order valence-electron chi connectivity index (χ1n) is 7.79. The summed E-state index contributed by atoms with van der Waals surface area (Å²) in [4.78, 5) is 11.7. The lowest BCUT2D eigenvalue weighted by atomic mass is 10.2. The minimum atomic E-state index is -0.737. The molecule has 2 aromatic rings. The summed E-state index contributed by atoms with van der Waals surface area (Å²) in [6.45, 7) is 8.08. The van der Waals surface area contributed by atoms with E-state index in [-0.39, 0.29) is 0 Å². The molecule has 0 atom stereocenters. The van der Waals surface area contributed by atoms with Gasteiger partial charge in [-0.1, -0.05) is 43.7 Å². The Morgan fingerprint density at radius 3 is 2.00 bits per heavy atom. The maximum absolute atomic E-state index is 11.7. The molecule has 23 heavy (non-hydrogen) atoms. The minimum absolute atomic E-state index is 0.467. The lowest BCUT2D eigenvalue weighted by molar-refractivity contribution is 0.152. The monoisotopic (exact) mass is 313 g/mol. The average molecular weight is 313 g/mol.